The molecule has 0 amide bonds. The maximum atomic E-state index is 11.1. The molecule has 108 valence electrons. The second-order valence-corrected chi connectivity index (χ2v) is 6.37. The van der Waals surface area contributed by atoms with Crippen LogP contribution < -0.4 is 0 Å². The Morgan fingerprint density at radius 1 is 1.25 bits per heavy atom. The van der Waals surface area contributed by atoms with E-state index in [2.05, 4.69) is 34.0 Å². The maximum absolute atomic E-state index is 11.1. The molecule has 2 rings (SSSR count). The quantitative estimate of drug-likeness (QED) is 0.918. The summed E-state index contributed by atoms with van der Waals surface area (Å²) in [5.41, 5.74) is 2.94. The molecule has 0 aliphatic carbocycles. The number of aromatic nitrogens is 2. The molecule has 0 aliphatic heterocycles. The summed E-state index contributed by atoms with van der Waals surface area (Å²) < 4.78 is 2.72. The highest BCUT2D eigenvalue weighted by molar-refractivity contribution is 9.10. The molecule has 2 aromatic rings. The van der Waals surface area contributed by atoms with E-state index in [4.69, 9.17) is 0 Å². The first-order valence-corrected chi connectivity index (χ1v) is 7.68. The van der Waals surface area contributed by atoms with Gasteiger partial charge >= 0.3 is 0 Å². The van der Waals surface area contributed by atoms with Crippen molar-refractivity contribution in [2.75, 3.05) is 0 Å². The number of halogens is 1. The standard InChI is InChI=1S/C16H21BrN2O/c1-5-6-19-15(14(17)10-18-19)16(4,20)13-8-11(2)7-12(3)9-13/h7-10,20H,5-6H2,1-4H3. The van der Waals surface area contributed by atoms with Gasteiger partial charge in [0, 0.05) is 6.54 Å². The fourth-order valence-electron chi connectivity index (χ4n) is 2.62. The topological polar surface area (TPSA) is 38.0 Å². The third kappa shape index (κ3) is 2.81. The van der Waals surface area contributed by atoms with Crippen molar-refractivity contribution in [3.05, 3.63) is 51.3 Å². The Kier molecular flexibility index (Phi) is 4.35. The van der Waals surface area contributed by atoms with Crippen LogP contribution in [0.15, 0.2) is 28.9 Å². The Balaban J connectivity index is 2.56. The SMILES string of the molecule is CCCn1ncc(Br)c1C(C)(O)c1cc(C)cc(C)c1. The molecule has 4 heteroatoms. The van der Waals surface area contributed by atoms with Crippen LogP contribution in [0.4, 0.5) is 0 Å². The molecule has 20 heavy (non-hydrogen) atoms. The van der Waals surface area contributed by atoms with Crippen molar-refractivity contribution in [1.29, 1.82) is 0 Å². The largest absolute Gasteiger partial charge is 0.379 e. The van der Waals surface area contributed by atoms with Gasteiger partial charge in [-0.05, 0) is 48.7 Å². The third-order valence-corrected chi connectivity index (χ3v) is 4.06. The highest BCUT2D eigenvalue weighted by Crippen LogP contribution is 2.35. The molecular formula is C16H21BrN2O. The fraction of sp³-hybridized carbons (Fsp3) is 0.438. The minimum atomic E-state index is -1.07. The molecule has 0 bridgehead atoms. The lowest BCUT2D eigenvalue weighted by Crippen LogP contribution is -2.27. The van der Waals surface area contributed by atoms with E-state index in [1.807, 2.05) is 37.6 Å². The smallest absolute Gasteiger partial charge is 0.129 e. The van der Waals surface area contributed by atoms with E-state index in [-0.39, 0.29) is 0 Å². The lowest BCUT2D eigenvalue weighted by atomic mass is 9.90. The van der Waals surface area contributed by atoms with E-state index in [1.54, 1.807) is 6.20 Å². The molecule has 0 spiro atoms. The summed E-state index contributed by atoms with van der Waals surface area (Å²) in [5, 5.41) is 15.4. The number of nitrogens with zero attached hydrogens (tertiary/aromatic N) is 2. The van der Waals surface area contributed by atoms with E-state index in [0.717, 1.165) is 39.8 Å². The van der Waals surface area contributed by atoms with Gasteiger partial charge < -0.3 is 5.11 Å². The van der Waals surface area contributed by atoms with Gasteiger partial charge in [0.1, 0.15) is 5.60 Å². The van der Waals surface area contributed by atoms with Crippen LogP contribution in [0.2, 0.25) is 0 Å². The van der Waals surface area contributed by atoms with E-state index < -0.39 is 5.60 Å². The van der Waals surface area contributed by atoms with Crippen molar-refractivity contribution in [2.24, 2.45) is 0 Å². The Morgan fingerprint density at radius 3 is 2.40 bits per heavy atom. The summed E-state index contributed by atoms with van der Waals surface area (Å²) in [5.74, 6) is 0. The number of aliphatic hydroxyl groups is 1. The van der Waals surface area contributed by atoms with Crippen LogP contribution in [-0.4, -0.2) is 14.9 Å². The van der Waals surface area contributed by atoms with Gasteiger partial charge in [0.15, 0.2) is 0 Å². The zero-order valence-electron chi connectivity index (χ0n) is 12.4. The van der Waals surface area contributed by atoms with Crippen molar-refractivity contribution in [1.82, 2.24) is 9.78 Å². The number of aryl methyl sites for hydroxylation is 3. The second kappa shape index (κ2) is 5.70. The number of rotatable bonds is 4. The molecular weight excluding hydrogens is 316 g/mol. The first-order valence-electron chi connectivity index (χ1n) is 6.89. The van der Waals surface area contributed by atoms with Crippen LogP contribution in [0.25, 0.3) is 0 Å². The molecule has 0 aliphatic rings. The molecule has 1 unspecified atom stereocenters. The molecule has 0 radical (unpaired) electrons. The summed E-state index contributed by atoms with van der Waals surface area (Å²) in [6.07, 6.45) is 2.73. The molecule has 3 nitrogen and oxygen atoms in total. The molecule has 0 saturated heterocycles. The highest BCUT2D eigenvalue weighted by atomic mass is 79.9. The van der Waals surface area contributed by atoms with Crippen molar-refractivity contribution < 1.29 is 5.11 Å². The fourth-order valence-corrected chi connectivity index (χ4v) is 3.30. The molecule has 1 atom stereocenters. The van der Waals surface area contributed by atoms with Crippen LogP contribution >= 0.6 is 15.9 Å². The minimum absolute atomic E-state index is 0.794. The number of hydrogen-bond donors (Lipinski definition) is 1. The summed E-state index contributed by atoms with van der Waals surface area (Å²) in [6.45, 7) is 8.82. The van der Waals surface area contributed by atoms with Gasteiger partial charge in [0.2, 0.25) is 0 Å². The van der Waals surface area contributed by atoms with E-state index in [0.29, 0.717) is 0 Å². The maximum Gasteiger partial charge on any atom is 0.129 e. The zero-order valence-corrected chi connectivity index (χ0v) is 14.0. The lowest BCUT2D eigenvalue weighted by Gasteiger charge is -2.26. The van der Waals surface area contributed by atoms with Gasteiger partial charge in [0.05, 0.1) is 16.4 Å². The minimum Gasteiger partial charge on any atom is -0.379 e. The van der Waals surface area contributed by atoms with Gasteiger partial charge in [0.25, 0.3) is 0 Å². The molecule has 1 aromatic heterocycles. The second-order valence-electron chi connectivity index (χ2n) is 5.51. The summed E-state index contributed by atoms with van der Waals surface area (Å²) in [6, 6.07) is 6.17. The van der Waals surface area contributed by atoms with Gasteiger partial charge in [-0.3, -0.25) is 4.68 Å². The molecule has 0 fully saturated rings. The molecule has 1 N–H and O–H groups in total. The van der Waals surface area contributed by atoms with Crippen molar-refractivity contribution in [3.8, 4) is 0 Å². The average Bonchev–Trinajstić information content (AvgIpc) is 2.70. The van der Waals surface area contributed by atoms with Crippen molar-refractivity contribution in [2.45, 2.75) is 46.3 Å². The molecule has 1 aromatic carbocycles. The number of benzene rings is 1. The highest BCUT2D eigenvalue weighted by Gasteiger charge is 2.32. The van der Waals surface area contributed by atoms with Crippen LogP contribution in [0.3, 0.4) is 0 Å². The van der Waals surface area contributed by atoms with Gasteiger partial charge in [-0.1, -0.05) is 36.2 Å². The van der Waals surface area contributed by atoms with E-state index in [1.165, 1.54) is 0 Å². The predicted octanol–water partition coefficient (Wildman–Crippen LogP) is 3.93. The molecule has 1 heterocycles. The average molecular weight is 337 g/mol. The zero-order chi connectivity index (χ0) is 14.9. The van der Waals surface area contributed by atoms with Crippen LogP contribution in [0, 0.1) is 13.8 Å². The van der Waals surface area contributed by atoms with Gasteiger partial charge in [-0.25, -0.2) is 0 Å². The monoisotopic (exact) mass is 336 g/mol. The summed E-state index contributed by atoms with van der Waals surface area (Å²) >= 11 is 3.51. The Hall–Kier alpha value is -1.13. The van der Waals surface area contributed by atoms with Crippen molar-refractivity contribution in [3.63, 3.8) is 0 Å². The summed E-state index contributed by atoms with van der Waals surface area (Å²) in [4.78, 5) is 0. The van der Waals surface area contributed by atoms with Crippen LogP contribution in [0.1, 0.15) is 42.7 Å². The normalized spacial score (nSPS) is 14.3. The first-order chi connectivity index (χ1) is 9.36. The third-order valence-electron chi connectivity index (χ3n) is 3.48. The van der Waals surface area contributed by atoms with Crippen molar-refractivity contribution >= 4 is 15.9 Å². The predicted molar refractivity (Wildman–Crippen MR) is 84.8 cm³/mol. The van der Waals surface area contributed by atoms with Gasteiger partial charge in [-0.2, -0.15) is 5.10 Å². The van der Waals surface area contributed by atoms with Crippen LogP contribution in [0.5, 0.6) is 0 Å². The van der Waals surface area contributed by atoms with Crippen LogP contribution in [-0.2, 0) is 12.1 Å². The first kappa shape index (κ1) is 15.3. The Labute approximate surface area is 128 Å². The Bertz CT molecular complexity index is 597. The van der Waals surface area contributed by atoms with Gasteiger partial charge in [-0.15, -0.1) is 0 Å². The Morgan fingerprint density at radius 2 is 1.85 bits per heavy atom. The van der Waals surface area contributed by atoms with E-state index >= 15 is 0 Å². The number of hydrogen-bond acceptors (Lipinski definition) is 2. The molecule has 0 saturated carbocycles. The van der Waals surface area contributed by atoms with E-state index in [9.17, 15) is 5.11 Å². The lowest BCUT2D eigenvalue weighted by molar-refractivity contribution is 0.0905. The summed E-state index contributed by atoms with van der Waals surface area (Å²) in [7, 11) is 0.